The van der Waals surface area contributed by atoms with Crippen molar-refractivity contribution in [3.8, 4) is 11.5 Å². The van der Waals surface area contributed by atoms with Gasteiger partial charge in [0.15, 0.2) is 11.5 Å². The van der Waals surface area contributed by atoms with Crippen LogP contribution in [0.2, 0.25) is 0 Å². The number of aryl methyl sites for hydroxylation is 1. The molecular weight excluding hydrogens is 456 g/mol. The van der Waals surface area contributed by atoms with Crippen molar-refractivity contribution in [2.24, 2.45) is 5.41 Å². The molecule has 1 aliphatic rings. The number of methoxy groups -OCH3 is 1. The van der Waals surface area contributed by atoms with Gasteiger partial charge in [0.25, 0.3) is 0 Å². The normalized spacial score (nSPS) is 15.8. The van der Waals surface area contributed by atoms with Gasteiger partial charge in [0.05, 0.1) is 13.7 Å². The van der Waals surface area contributed by atoms with Gasteiger partial charge in [-0.05, 0) is 50.9 Å². The largest absolute Gasteiger partial charge is 0.493 e. The van der Waals surface area contributed by atoms with Gasteiger partial charge in [0.1, 0.15) is 11.7 Å². The van der Waals surface area contributed by atoms with E-state index in [2.05, 4.69) is 44.1 Å². The minimum Gasteiger partial charge on any atom is -0.493 e. The zero-order valence-corrected chi connectivity index (χ0v) is 21.5. The quantitative estimate of drug-likeness (QED) is 0.384. The van der Waals surface area contributed by atoms with Crippen molar-refractivity contribution < 1.29 is 17.9 Å². The molecule has 0 unspecified atom stereocenters. The first-order chi connectivity index (χ1) is 16.1. The molecule has 1 aromatic carbocycles. The van der Waals surface area contributed by atoms with E-state index in [1.54, 1.807) is 13.2 Å². The predicted octanol–water partition coefficient (Wildman–Crippen LogP) is 2.96. The van der Waals surface area contributed by atoms with E-state index in [1.165, 1.54) is 13.5 Å². The van der Waals surface area contributed by atoms with Crippen LogP contribution in [-0.4, -0.2) is 69.6 Å². The number of aromatic nitrogens is 2. The molecule has 3 N–H and O–H groups in total. The van der Waals surface area contributed by atoms with Crippen LogP contribution in [0.3, 0.4) is 0 Å². The van der Waals surface area contributed by atoms with E-state index >= 15 is 0 Å². The van der Waals surface area contributed by atoms with Gasteiger partial charge in [-0.25, -0.2) is 18.1 Å². The number of hydrogen-bond acceptors (Lipinski definition) is 9. The SMILES string of the molecule is CNS(=O)(=O)CNc1cc(C)nc(Nc2ccc(OC)c(OCCCN3CCC(C)(C)C3)c2)n1. The van der Waals surface area contributed by atoms with Crippen LogP contribution in [0.1, 0.15) is 32.4 Å². The van der Waals surface area contributed by atoms with Crippen molar-refractivity contribution in [2.75, 3.05) is 56.9 Å². The highest BCUT2D eigenvalue weighted by Crippen LogP contribution is 2.32. The number of sulfonamides is 1. The topological polar surface area (TPSA) is 118 Å². The summed E-state index contributed by atoms with van der Waals surface area (Å²) in [5.74, 6) is 1.76. The summed E-state index contributed by atoms with van der Waals surface area (Å²) in [6.45, 7) is 10.3. The van der Waals surface area contributed by atoms with Crippen LogP contribution in [0.15, 0.2) is 24.3 Å². The summed E-state index contributed by atoms with van der Waals surface area (Å²) in [6.07, 6.45) is 2.17. The summed E-state index contributed by atoms with van der Waals surface area (Å²) in [7, 11) is -0.433. The van der Waals surface area contributed by atoms with Gasteiger partial charge >= 0.3 is 0 Å². The van der Waals surface area contributed by atoms with Crippen molar-refractivity contribution in [1.82, 2.24) is 19.6 Å². The molecule has 11 heteroatoms. The number of benzene rings is 1. The number of hydrogen-bond donors (Lipinski definition) is 3. The molecule has 34 heavy (non-hydrogen) atoms. The lowest BCUT2D eigenvalue weighted by atomic mass is 9.93. The first-order valence-electron chi connectivity index (χ1n) is 11.4. The number of anilines is 3. The second kappa shape index (κ2) is 11.2. The highest BCUT2D eigenvalue weighted by atomic mass is 32.2. The number of likely N-dealkylation sites (tertiary alicyclic amines) is 1. The maximum absolute atomic E-state index is 11.7. The molecule has 1 saturated heterocycles. The fraction of sp³-hybridized carbons (Fsp3) is 0.565. The first kappa shape index (κ1) is 26.0. The fourth-order valence-electron chi connectivity index (χ4n) is 3.84. The molecule has 0 bridgehead atoms. The summed E-state index contributed by atoms with van der Waals surface area (Å²) >= 11 is 0. The van der Waals surface area contributed by atoms with Gasteiger partial charge in [0.2, 0.25) is 16.0 Å². The van der Waals surface area contributed by atoms with Gasteiger partial charge in [-0.2, -0.15) is 4.98 Å². The molecule has 0 radical (unpaired) electrons. The summed E-state index contributed by atoms with van der Waals surface area (Å²) in [6, 6.07) is 7.21. The molecule has 0 aliphatic carbocycles. The van der Waals surface area contributed by atoms with Crippen molar-refractivity contribution in [3.05, 3.63) is 30.0 Å². The van der Waals surface area contributed by atoms with Crippen molar-refractivity contribution in [3.63, 3.8) is 0 Å². The van der Waals surface area contributed by atoms with Gasteiger partial charge in [-0.3, -0.25) is 0 Å². The molecule has 188 valence electrons. The van der Waals surface area contributed by atoms with E-state index in [1.807, 2.05) is 25.1 Å². The Morgan fingerprint density at radius 2 is 1.97 bits per heavy atom. The zero-order valence-electron chi connectivity index (χ0n) is 20.6. The molecule has 2 heterocycles. The summed E-state index contributed by atoms with van der Waals surface area (Å²) < 4.78 is 37.1. The summed E-state index contributed by atoms with van der Waals surface area (Å²) in [5.41, 5.74) is 1.83. The molecule has 10 nitrogen and oxygen atoms in total. The van der Waals surface area contributed by atoms with Crippen LogP contribution in [0.5, 0.6) is 11.5 Å². The molecule has 0 saturated carbocycles. The molecule has 1 aliphatic heterocycles. The van der Waals surface area contributed by atoms with Crippen molar-refractivity contribution in [2.45, 2.75) is 33.6 Å². The maximum Gasteiger partial charge on any atom is 0.229 e. The highest BCUT2D eigenvalue weighted by molar-refractivity contribution is 7.89. The van der Waals surface area contributed by atoms with Crippen molar-refractivity contribution >= 4 is 27.5 Å². The lowest BCUT2D eigenvalue weighted by Crippen LogP contribution is -2.26. The minimum absolute atomic E-state index is 0.283. The molecule has 0 spiro atoms. The molecule has 0 amide bonds. The summed E-state index contributed by atoms with van der Waals surface area (Å²) in [4.78, 5) is 11.2. The Morgan fingerprint density at radius 3 is 2.65 bits per heavy atom. The molecule has 0 atom stereocenters. The Labute approximate surface area is 202 Å². The average molecular weight is 493 g/mol. The Hall–Kier alpha value is -2.63. The number of rotatable bonds is 12. The van der Waals surface area contributed by atoms with E-state index in [9.17, 15) is 8.42 Å². The van der Waals surface area contributed by atoms with Crippen LogP contribution < -0.4 is 24.8 Å². The monoisotopic (exact) mass is 492 g/mol. The number of ether oxygens (including phenoxy) is 2. The van der Waals surface area contributed by atoms with Crippen LogP contribution in [-0.2, 0) is 10.0 Å². The maximum atomic E-state index is 11.7. The predicted molar refractivity (Wildman–Crippen MR) is 134 cm³/mol. The third kappa shape index (κ3) is 7.71. The second-order valence-corrected chi connectivity index (χ2v) is 11.2. The van der Waals surface area contributed by atoms with Crippen LogP contribution in [0.25, 0.3) is 0 Å². The smallest absolute Gasteiger partial charge is 0.229 e. The van der Waals surface area contributed by atoms with E-state index in [4.69, 9.17) is 9.47 Å². The molecule has 1 fully saturated rings. The standard InChI is InChI=1S/C23H36N6O4S/c1-17-13-21(25-16-34(30,31)24-4)28-22(26-17)27-18-7-8-19(32-5)20(14-18)33-12-6-10-29-11-9-23(2,3)15-29/h7-8,13-14,24H,6,9-12,15-16H2,1-5H3,(H2,25,26,27,28). The van der Waals surface area contributed by atoms with E-state index in [0.29, 0.717) is 41.0 Å². The van der Waals surface area contributed by atoms with Gasteiger partial charge in [-0.1, -0.05) is 13.8 Å². The number of nitrogens with zero attached hydrogens (tertiary/aromatic N) is 3. The Balaban J connectivity index is 1.61. The third-order valence-electron chi connectivity index (χ3n) is 5.66. The Morgan fingerprint density at radius 1 is 1.18 bits per heavy atom. The fourth-order valence-corrected chi connectivity index (χ4v) is 4.32. The van der Waals surface area contributed by atoms with Crippen LogP contribution >= 0.6 is 0 Å². The van der Waals surface area contributed by atoms with E-state index in [-0.39, 0.29) is 5.88 Å². The third-order valence-corrected chi connectivity index (χ3v) is 6.81. The molecule has 2 aromatic rings. The molecule has 3 rings (SSSR count). The lowest BCUT2D eigenvalue weighted by molar-refractivity contribution is 0.241. The lowest BCUT2D eigenvalue weighted by Gasteiger charge is -2.19. The van der Waals surface area contributed by atoms with E-state index in [0.717, 1.165) is 31.7 Å². The average Bonchev–Trinajstić information content (AvgIpc) is 3.14. The van der Waals surface area contributed by atoms with Crippen LogP contribution in [0.4, 0.5) is 17.5 Å². The van der Waals surface area contributed by atoms with Crippen molar-refractivity contribution in [1.29, 1.82) is 0 Å². The Bertz CT molecular complexity index is 1080. The Kier molecular flexibility index (Phi) is 8.56. The van der Waals surface area contributed by atoms with Gasteiger partial charge in [0, 0.05) is 36.6 Å². The zero-order chi connectivity index (χ0) is 24.8. The van der Waals surface area contributed by atoms with Gasteiger partial charge < -0.3 is 25.0 Å². The van der Waals surface area contributed by atoms with Crippen LogP contribution in [0, 0.1) is 12.3 Å². The van der Waals surface area contributed by atoms with Gasteiger partial charge in [-0.15, -0.1) is 0 Å². The minimum atomic E-state index is -3.41. The molecular formula is C23H36N6O4S. The second-order valence-electron chi connectivity index (χ2n) is 9.24. The first-order valence-corrected chi connectivity index (χ1v) is 13.1. The van der Waals surface area contributed by atoms with E-state index < -0.39 is 10.0 Å². The summed E-state index contributed by atoms with van der Waals surface area (Å²) in [5, 5.41) is 5.97. The highest BCUT2D eigenvalue weighted by Gasteiger charge is 2.28. The number of nitrogens with one attached hydrogen (secondary N) is 3. The molecule has 1 aromatic heterocycles.